The highest BCUT2D eigenvalue weighted by atomic mass is 19.1. The molecule has 0 amide bonds. The molecule has 0 aliphatic heterocycles. The van der Waals surface area contributed by atoms with Crippen LogP contribution in [0.4, 0.5) is 14.6 Å². The lowest BCUT2D eigenvalue weighted by molar-refractivity contribution is 0.0697. The van der Waals surface area contributed by atoms with Gasteiger partial charge in [-0.1, -0.05) is 6.07 Å². The van der Waals surface area contributed by atoms with Crippen molar-refractivity contribution in [3.8, 4) is 0 Å². The van der Waals surface area contributed by atoms with Crippen molar-refractivity contribution in [1.29, 1.82) is 0 Å². The molecular weight excluding hydrogens is 268 g/mol. The van der Waals surface area contributed by atoms with Crippen LogP contribution in [0.2, 0.25) is 0 Å². The van der Waals surface area contributed by atoms with Crippen LogP contribution in [0.25, 0.3) is 0 Å². The Bertz CT molecular complexity index is 668. The van der Waals surface area contributed by atoms with Crippen LogP contribution in [0.5, 0.6) is 0 Å². The van der Waals surface area contributed by atoms with Crippen LogP contribution in [0.1, 0.15) is 21.6 Å². The number of aromatic carboxylic acids is 1. The maximum Gasteiger partial charge on any atom is 0.341 e. The summed E-state index contributed by atoms with van der Waals surface area (Å²) >= 11 is 0. The van der Waals surface area contributed by atoms with E-state index in [0.717, 1.165) is 12.1 Å². The third-order valence-corrected chi connectivity index (χ3v) is 2.90. The van der Waals surface area contributed by atoms with Crippen molar-refractivity contribution in [3.05, 3.63) is 46.7 Å². The second-order valence-electron chi connectivity index (χ2n) is 4.33. The van der Waals surface area contributed by atoms with E-state index in [0.29, 0.717) is 5.69 Å². The first-order valence-corrected chi connectivity index (χ1v) is 5.85. The van der Waals surface area contributed by atoms with Gasteiger partial charge >= 0.3 is 5.97 Å². The largest absolute Gasteiger partial charge is 0.477 e. The Hall–Kier alpha value is -2.44. The van der Waals surface area contributed by atoms with Gasteiger partial charge in [0, 0.05) is 25.2 Å². The molecule has 0 bridgehead atoms. The van der Waals surface area contributed by atoms with Gasteiger partial charge in [0.2, 0.25) is 0 Å². The van der Waals surface area contributed by atoms with Gasteiger partial charge in [-0.3, -0.25) is 4.68 Å². The van der Waals surface area contributed by atoms with Crippen LogP contribution < -0.4 is 5.32 Å². The first-order valence-electron chi connectivity index (χ1n) is 5.85. The average Bonchev–Trinajstić information content (AvgIpc) is 2.63. The minimum atomic E-state index is -1.11. The van der Waals surface area contributed by atoms with E-state index in [1.807, 2.05) is 0 Å². The van der Waals surface area contributed by atoms with Crippen LogP contribution >= 0.6 is 0 Å². The fraction of sp³-hybridized carbons (Fsp3) is 0.231. The molecule has 1 heterocycles. The minimum absolute atomic E-state index is 0.0331. The molecule has 1 aromatic carbocycles. The van der Waals surface area contributed by atoms with E-state index < -0.39 is 17.6 Å². The normalized spacial score (nSPS) is 10.6. The molecule has 7 heteroatoms. The molecule has 2 aromatic rings. The Morgan fingerprint density at radius 1 is 1.45 bits per heavy atom. The summed E-state index contributed by atoms with van der Waals surface area (Å²) in [5, 5.41) is 15.9. The minimum Gasteiger partial charge on any atom is -0.477 e. The van der Waals surface area contributed by atoms with Gasteiger partial charge in [0.05, 0.1) is 5.69 Å². The number of carboxylic acids is 1. The monoisotopic (exact) mass is 281 g/mol. The zero-order valence-electron chi connectivity index (χ0n) is 10.9. The van der Waals surface area contributed by atoms with Crippen LogP contribution in [-0.4, -0.2) is 20.9 Å². The number of benzene rings is 1. The first-order chi connectivity index (χ1) is 9.40. The fourth-order valence-electron chi connectivity index (χ4n) is 1.96. The maximum absolute atomic E-state index is 13.5. The van der Waals surface area contributed by atoms with Crippen LogP contribution in [0.3, 0.4) is 0 Å². The predicted molar refractivity (Wildman–Crippen MR) is 68.6 cm³/mol. The van der Waals surface area contributed by atoms with Gasteiger partial charge in [0.1, 0.15) is 23.0 Å². The van der Waals surface area contributed by atoms with Crippen molar-refractivity contribution in [3.63, 3.8) is 0 Å². The lowest BCUT2D eigenvalue weighted by atomic mass is 10.2. The molecule has 0 saturated carbocycles. The number of hydrogen-bond donors (Lipinski definition) is 2. The van der Waals surface area contributed by atoms with Crippen molar-refractivity contribution >= 4 is 11.8 Å². The Morgan fingerprint density at radius 2 is 2.15 bits per heavy atom. The van der Waals surface area contributed by atoms with Crippen molar-refractivity contribution < 1.29 is 18.7 Å². The van der Waals surface area contributed by atoms with E-state index in [9.17, 15) is 13.6 Å². The molecule has 0 saturated heterocycles. The van der Waals surface area contributed by atoms with Gasteiger partial charge in [0.15, 0.2) is 0 Å². The number of anilines is 1. The molecular formula is C13H13F2N3O2. The second kappa shape index (κ2) is 5.28. The molecule has 106 valence electrons. The SMILES string of the molecule is Cc1nn(C)c(NCc2ccc(F)cc2F)c1C(=O)O. The maximum atomic E-state index is 13.5. The third kappa shape index (κ3) is 2.61. The second-order valence-corrected chi connectivity index (χ2v) is 4.33. The Kier molecular flexibility index (Phi) is 3.69. The smallest absolute Gasteiger partial charge is 0.341 e. The molecule has 20 heavy (non-hydrogen) atoms. The fourth-order valence-corrected chi connectivity index (χ4v) is 1.96. The number of rotatable bonds is 4. The molecule has 0 spiro atoms. The summed E-state index contributed by atoms with van der Waals surface area (Å²) in [6, 6.07) is 3.23. The van der Waals surface area contributed by atoms with Crippen LogP contribution in [-0.2, 0) is 13.6 Å². The molecule has 5 nitrogen and oxygen atoms in total. The number of carbonyl (C=O) groups is 1. The number of aromatic nitrogens is 2. The van der Waals surface area contributed by atoms with Gasteiger partial charge in [0.25, 0.3) is 0 Å². The highest BCUT2D eigenvalue weighted by molar-refractivity contribution is 5.94. The molecule has 0 atom stereocenters. The van der Waals surface area contributed by atoms with Gasteiger partial charge < -0.3 is 10.4 Å². The molecule has 0 unspecified atom stereocenters. The van der Waals surface area contributed by atoms with E-state index in [1.54, 1.807) is 14.0 Å². The highest BCUT2D eigenvalue weighted by Gasteiger charge is 2.19. The number of carboxylic acid groups (broad SMARTS) is 1. The summed E-state index contributed by atoms with van der Waals surface area (Å²) in [6.45, 7) is 1.61. The zero-order chi connectivity index (χ0) is 14.9. The molecule has 0 radical (unpaired) electrons. The number of halogens is 2. The van der Waals surface area contributed by atoms with Crippen LogP contribution in [0.15, 0.2) is 18.2 Å². The van der Waals surface area contributed by atoms with E-state index in [-0.39, 0.29) is 23.5 Å². The van der Waals surface area contributed by atoms with Crippen molar-refractivity contribution in [2.24, 2.45) is 7.05 Å². The van der Waals surface area contributed by atoms with Crippen molar-refractivity contribution in [2.45, 2.75) is 13.5 Å². The Morgan fingerprint density at radius 3 is 2.75 bits per heavy atom. The standard InChI is InChI=1S/C13H13F2N3O2/c1-7-11(13(19)20)12(18(2)17-7)16-6-8-3-4-9(14)5-10(8)15/h3-5,16H,6H2,1-2H3,(H,19,20). The van der Waals surface area contributed by atoms with Gasteiger partial charge in [-0.25, -0.2) is 13.6 Å². The highest BCUT2D eigenvalue weighted by Crippen LogP contribution is 2.20. The number of nitrogens with zero attached hydrogens (tertiary/aromatic N) is 2. The molecule has 1 aromatic heterocycles. The topological polar surface area (TPSA) is 67.2 Å². The zero-order valence-corrected chi connectivity index (χ0v) is 10.9. The van der Waals surface area contributed by atoms with Crippen molar-refractivity contribution in [2.75, 3.05) is 5.32 Å². The lowest BCUT2D eigenvalue weighted by Crippen LogP contribution is -2.10. The Balaban J connectivity index is 2.25. The quantitative estimate of drug-likeness (QED) is 0.902. The summed E-state index contributed by atoms with van der Waals surface area (Å²) in [5.74, 6) is -2.18. The summed E-state index contributed by atoms with van der Waals surface area (Å²) < 4.78 is 27.7. The van der Waals surface area contributed by atoms with Gasteiger partial charge in [-0.2, -0.15) is 5.10 Å². The van der Waals surface area contributed by atoms with Gasteiger partial charge in [-0.05, 0) is 13.0 Å². The van der Waals surface area contributed by atoms with E-state index in [1.165, 1.54) is 10.7 Å². The molecule has 0 fully saturated rings. The third-order valence-electron chi connectivity index (χ3n) is 2.90. The summed E-state index contributed by atoms with van der Waals surface area (Å²) in [5.41, 5.74) is 0.638. The number of nitrogens with one attached hydrogen (secondary N) is 1. The van der Waals surface area contributed by atoms with Crippen molar-refractivity contribution in [1.82, 2.24) is 9.78 Å². The van der Waals surface area contributed by atoms with Gasteiger partial charge in [-0.15, -0.1) is 0 Å². The molecule has 2 rings (SSSR count). The van der Waals surface area contributed by atoms with E-state index in [4.69, 9.17) is 5.11 Å². The Labute approximate surface area is 113 Å². The summed E-state index contributed by atoms with van der Waals surface area (Å²) in [4.78, 5) is 11.2. The lowest BCUT2D eigenvalue weighted by Gasteiger charge is -2.09. The number of hydrogen-bond acceptors (Lipinski definition) is 3. The number of aryl methyl sites for hydroxylation is 2. The van der Waals surface area contributed by atoms with E-state index >= 15 is 0 Å². The summed E-state index contributed by atoms with van der Waals surface area (Å²) in [6.07, 6.45) is 0. The first kappa shape index (κ1) is 14.0. The predicted octanol–water partition coefficient (Wildman–Crippen LogP) is 2.32. The van der Waals surface area contributed by atoms with E-state index in [2.05, 4.69) is 10.4 Å². The molecule has 0 aliphatic rings. The van der Waals surface area contributed by atoms with Crippen LogP contribution in [0, 0.1) is 18.6 Å². The molecule has 0 aliphatic carbocycles. The average molecular weight is 281 g/mol. The summed E-state index contributed by atoms with van der Waals surface area (Å²) in [7, 11) is 1.59. The molecule has 2 N–H and O–H groups in total.